The summed E-state index contributed by atoms with van der Waals surface area (Å²) in [6.45, 7) is 3.87. The van der Waals surface area contributed by atoms with Crippen molar-refractivity contribution in [3.05, 3.63) is 44.3 Å². The van der Waals surface area contributed by atoms with Crippen LogP contribution in [-0.4, -0.2) is 9.97 Å². The molecule has 0 spiro atoms. The molecule has 2 aromatic rings. The second kappa shape index (κ2) is 4.82. The number of rotatable bonds is 1. The first-order valence-electron chi connectivity index (χ1n) is 4.95. The molecule has 0 saturated carbocycles. The average Bonchev–Trinajstić information content (AvgIpc) is 2.25. The second-order valence-electron chi connectivity index (χ2n) is 3.67. The van der Waals surface area contributed by atoms with Gasteiger partial charge < -0.3 is 0 Å². The molecule has 0 atom stereocenters. The summed E-state index contributed by atoms with van der Waals surface area (Å²) in [5, 5.41) is 0. The first-order valence-corrected chi connectivity index (χ1v) is 6.54. The van der Waals surface area contributed by atoms with E-state index < -0.39 is 0 Å². The van der Waals surface area contributed by atoms with Gasteiger partial charge in [0.05, 0.1) is 0 Å². The van der Waals surface area contributed by atoms with Crippen LogP contribution < -0.4 is 0 Å². The lowest BCUT2D eigenvalue weighted by atomic mass is 10.2. The lowest BCUT2D eigenvalue weighted by Gasteiger charge is -2.07. The Hall–Kier alpha value is -0.810. The lowest BCUT2D eigenvalue weighted by Crippen LogP contribution is -1.97. The second-order valence-corrected chi connectivity index (χ2v) is 5.28. The van der Waals surface area contributed by atoms with Crippen molar-refractivity contribution in [1.29, 1.82) is 0 Å². The molecular weight excluding hydrogens is 351 g/mol. The third kappa shape index (κ3) is 2.55. The molecule has 1 aromatic heterocycles. The van der Waals surface area contributed by atoms with E-state index in [0.717, 1.165) is 21.4 Å². The summed E-state index contributed by atoms with van der Waals surface area (Å²) in [6.07, 6.45) is 0. The fourth-order valence-electron chi connectivity index (χ4n) is 1.39. The molecule has 1 heterocycles. The van der Waals surface area contributed by atoms with E-state index in [0.29, 0.717) is 10.3 Å². The summed E-state index contributed by atoms with van der Waals surface area (Å²) in [7, 11) is 0. The molecule has 0 unspecified atom stereocenters. The van der Waals surface area contributed by atoms with Crippen molar-refractivity contribution < 1.29 is 4.39 Å². The fraction of sp³-hybridized carbons (Fsp3) is 0.167. The molecule has 0 radical (unpaired) electrons. The van der Waals surface area contributed by atoms with Crippen LogP contribution in [0.1, 0.15) is 11.3 Å². The molecule has 0 saturated heterocycles. The van der Waals surface area contributed by atoms with Gasteiger partial charge in [0.25, 0.3) is 0 Å². The number of benzene rings is 1. The van der Waals surface area contributed by atoms with Crippen molar-refractivity contribution in [2.75, 3.05) is 0 Å². The Balaban J connectivity index is 2.61. The topological polar surface area (TPSA) is 25.8 Å². The lowest BCUT2D eigenvalue weighted by molar-refractivity contribution is 0.627. The molecule has 0 aliphatic carbocycles. The number of aromatic nitrogens is 2. The smallest absolute Gasteiger partial charge is 0.161 e. The van der Waals surface area contributed by atoms with Crippen LogP contribution >= 0.6 is 31.9 Å². The van der Waals surface area contributed by atoms with Crippen LogP contribution in [0.5, 0.6) is 0 Å². The summed E-state index contributed by atoms with van der Waals surface area (Å²) >= 11 is 6.71. The maximum Gasteiger partial charge on any atom is 0.161 e. The zero-order valence-corrected chi connectivity index (χ0v) is 12.4. The van der Waals surface area contributed by atoms with E-state index in [9.17, 15) is 4.39 Å². The molecule has 0 N–H and O–H groups in total. The first kappa shape index (κ1) is 12.6. The molecule has 17 heavy (non-hydrogen) atoms. The minimum Gasteiger partial charge on any atom is -0.233 e. The van der Waals surface area contributed by atoms with Gasteiger partial charge in [0.2, 0.25) is 0 Å². The van der Waals surface area contributed by atoms with E-state index in [-0.39, 0.29) is 5.82 Å². The van der Waals surface area contributed by atoms with Gasteiger partial charge in [-0.25, -0.2) is 14.4 Å². The zero-order valence-electron chi connectivity index (χ0n) is 9.26. The van der Waals surface area contributed by atoms with Gasteiger partial charge in [-0.05, 0) is 63.9 Å². The quantitative estimate of drug-likeness (QED) is 0.704. The van der Waals surface area contributed by atoms with E-state index in [1.807, 2.05) is 13.8 Å². The molecule has 2 rings (SSSR count). The Morgan fingerprint density at radius 3 is 2.41 bits per heavy atom. The Labute approximate surface area is 116 Å². The monoisotopic (exact) mass is 358 g/mol. The van der Waals surface area contributed by atoms with E-state index in [4.69, 9.17) is 0 Å². The Kier molecular flexibility index (Phi) is 3.58. The van der Waals surface area contributed by atoms with Gasteiger partial charge in [-0.1, -0.05) is 0 Å². The number of nitrogens with zero attached hydrogens (tertiary/aromatic N) is 2. The highest BCUT2D eigenvalue weighted by Crippen LogP contribution is 2.28. The predicted octanol–water partition coefficient (Wildman–Crippen LogP) is 4.42. The van der Waals surface area contributed by atoms with Gasteiger partial charge in [0, 0.05) is 21.3 Å². The molecular formula is C12H9Br2FN2. The summed E-state index contributed by atoms with van der Waals surface area (Å²) < 4.78 is 14.4. The maximum atomic E-state index is 13.0. The number of aryl methyl sites for hydroxylation is 1. The Morgan fingerprint density at radius 1 is 1.12 bits per heavy atom. The van der Waals surface area contributed by atoms with Crippen LogP contribution in [-0.2, 0) is 0 Å². The summed E-state index contributed by atoms with van der Waals surface area (Å²) in [6, 6.07) is 4.46. The van der Waals surface area contributed by atoms with Crippen LogP contribution in [0.15, 0.2) is 27.3 Å². The molecule has 0 aliphatic rings. The summed E-state index contributed by atoms with van der Waals surface area (Å²) in [4.78, 5) is 8.75. The summed E-state index contributed by atoms with van der Waals surface area (Å²) in [5.41, 5.74) is 2.68. The molecule has 88 valence electrons. The number of hydrogen-bond acceptors (Lipinski definition) is 2. The minimum atomic E-state index is -0.288. The van der Waals surface area contributed by atoms with Crippen LogP contribution in [0.4, 0.5) is 4.39 Å². The zero-order chi connectivity index (χ0) is 12.6. The third-order valence-corrected chi connectivity index (χ3v) is 3.93. The number of hydrogen-bond donors (Lipinski definition) is 0. The normalized spacial score (nSPS) is 10.6. The Morgan fingerprint density at radius 2 is 1.82 bits per heavy atom. The van der Waals surface area contributed by atoms with Crippen LogP contribution in [0.3, 0.4) is 0 Å². The fourth-order valence-corrected chi connectivity index (χ4v) is 2.37. The van der Waals surface area contributed by atoms with Crippen molar-refractivity contribution in [2.24, 2.45) is 0 Å². The highest BCUT2D eigenvalue weighted by atomic mass is 79.9. The largest absolute Gasteiger partial charge is 0.233 e. The molecule has 2 nitrogen and oxygen atoms in total. The SMILES string of the molecule is Cc1nc(-c2ccc(F)cc2Br)nc(Br)c1C. The van der Waals surface area contributed by atoms with E-state index in [2.05, 4.69) is 41.8 Å². The van der Waals surface area contributed by atoms with Crippen LogP contribution in [0.25, 0.3) is 11.4 Å². The molecule has 0 amide bonds. The van der Waals surface area contributed by atoms with Gasteiger partial charge >= 0.3 is 0 Å². The highest BCUT2D eigenvalue weighted by Gasteiger charge is 2.11. The van der Waals surface area contributed by atoms with E-state index >= 15 is 0 Å². The van der Waals surface area contributed by atoms with Crippen molar-refractivity contribution in [3.8, 4) is 11.4 Å². The van der Waals surface area contributed by atoms with E-state index in [1.54, 1.807) is 6.07 Å². The Bertz CT molecular complexity index is 562. The minimum absolute atomic E-state index is 0.288. The highest BCUT2D eigenvalue weighted by molar-refractivity contribution is 9.10. The van der Waals surface area contributed by atoms with Gasteiger partial charge in [-0.3, -0.25) is 0 Å². The van der Waals surface area contributed by atoms with Gasteiger partial charge in [-0.15, -0.1) is 0 Å². The van der Waals surface area contributed by atoms with Gasteiger partial charge in [-0.2, -0.15) is 0 Å². The molecule has 0 fully saturated rings. The average molecular weight is 360 g/mol. The first-order chi connectivity index (χ1) is 7.99. The van der Waals surface area contributed by atoms with Gasteiger partial charge in [0.1, 0.15) is 10.4 Å². The summed E-state index contributed by atoms with van der Waals surface area (Å²) in [5.74, 6) is 0.287. The molecule has 1 aromatic carbocycles. The molecule has 0 bridgehead atoms. The maximum absolute atomic E-state index is 13.0. The third-order valence-electron chi connectivity index (χ3n) is 2.50. The van der Waals surface area contributed by atoms with E-state index in [1.165, 1.54) is 12.1 Å². The van der Waals surface area contributed by atoms with Crippen LogP contribution in [0.2, 0.25) is 0 Å². The van der Waals surface area contributed by atoms with Crippen molar-refractivity contribution in [3.63, 3.8) is 0 Å². The standard InChI is InChI=1S/C12H9Br2FN2/c1-6-7(2)16-12(17-11(6)14)9-4-3-8(15)5-10(9)13/h3-5H,1-2H3. The predicted molar refractivity (Wildman–Crippen MR) is 72.3 cm³/mol. The molecule has 5 heteroatoms. The van der Waals surface area contributed by atoms with Gasteiger partial charge in [0.15, 0.2) is 5.82 Å². The number of halogens is 3. The van der Waals surface area contributed by atoms with Crippen molar-refractivity contribution >= 4 is 31.9 Å². The van der Waals surface area contributed by atoms with Crippen LogP contribution in [0, 0.1) is 19.7 Å². The van der Waals surface area contributed by atoms with Crippen molar-refractivity contribution in [1.82, 2.24) is 9.97 Å². The molecule has 0 aliphatic heterocycles. The van der Waals surface area contributed by atoms with Crippen molar-refractivity contribution in [2.45, 2.75) is 13.8 Å².